The zero-order chi connectivity index (χ0) is 16.4. The molecule has 0 aliphatic carbocycles. The Morgan fingerprint density at radius 2 is 2.04 bits per heavy atom. The van der Waals surface area contributed by atoms with Crippen molar-refractivity contribution in [2.75, 3.05) is 12.3 Å². The smallest absolute Gasteiger partial charge is 0.239 e. The number of aromatic nitrogens is 2. The van der Waals surface area contributed by atoms with E-state index in [0.29, 0.717) is 13.0 Å². The molecule has 5 nitrogen and oxygen atoms in total. The van der Waals surface area contributed by atoms with E-state index in [9.17, 15) is 9.59 Å². The molecule has 3 rings (SSSR count). The summed E-state index contributed by atoms with van der Waals surface area (Å²) in [5.74, 6) is 0.0531. The third-order valence-electron chi connectivity index (χ3n) is 3.99. The highest BCUT2D eigenvalue weighted by Gasteiger charge is 2.26. The first-order valence-corrected chi connectivity index (χ1v) is 8.59. The first kappa shape index (κ1) is 15.8. The number of aryl methyl sites for hydroxylation is 1. The quantitative estimate of drug-likeness (QED) is 0.809. The van der Waals surface area contributed by atoms with Crippen molar-refractivity contribution in [3.8, 4) is 11.3 Å². The number of nitrogens with zero attached hydrogens (tertiary/aromatic N) is 3. The Bertz CT molecular complexity index is 737. The van der Waals surface area contributed by atoms with E-state index in [0.717, 1.165) is 22.8 Å². The van der Waals surface area contributed by atoms with E-state index < -0.39 is 0 Å². The van der Waals surface area contributed by atoms with Gasteiger partial charge in [0, 0.05) is 20.0 Å². The predicted molar refractivity (Wildman–Crippen MR) is 90.1 cm³/mol. The Morgan fingerprint density at radius 1 is 1.30 bits per heavy atom. The van der Waals surface area contributed by atoms with Crippen LogP contribution in [0.5, 0.6) is 0 Å². The van der Waals surface area contributed by atoms with Gasteiger partial charge in [-0.2, -0.15) is 0 Å². The van der Waals surface area contributed by atoms with Crippen LogP contribution in [0, 0.1) is 6.92 Å². The standard InChI is InChI=1S/C17H19N3O2S/c1-12-5-7-13(8-6-12)14-10-18-17(19(14)2)23-11-16(22)20-9-3-4-15(20)21/h5-8,10H,3-4,9,11H2,1-2H3. The fourth-order valence-corrected chi connectivity index (χ4v) is 3.46. The van der Waals surface area contributed by atoms with E-state index in [1.165, 1.54) is 22.2 Å². The molecule has 0 N–H and O–H groups in total. The molecule has 1 aliphatic rings. The molecule has 2 heterocycles. The molecule has 1 aromatic carbocycles. The van der Waals surface area contributed by atoms with E-state index in [1.54, 1.807) is 0 Å². The Morgan fingerprint density at radius 3 is 2.70 bits per heavy atom. The molecule has 0 atom stereocenters. The molecule has 120 valence electrons. The van der Waals surface area contributed by atoms with E-state index in [-0.39, 0.29) is 17.6 Å². The predicted octanol–water partition coefficient (Wildman–Crippen LogP) is 2.64. The second-order valence-corrected chi connectivity index (χ2v) is 6.62. The summed E-state index contributed by atoms with van der Waals surface area (Å²) in [7, 11) is 1.94. The summed E-state index contributed by atoms with van der Waals surface area (Å²) in [6.45, 7) is 2.60. The van der Waals surface area contributed by atoms with E-state index in [1.807, 2.05) is 17.8 Å². The van der Waals surface area contributed by atoms with Gasteiger partial charge in [-0.15, -0.1) is 0 Å². The van der Waals surface area contributed by atoms with Gasteiger partial charge in [0.25, 0.3) is 0 Å². The summed E-state index contributed by atoms with van der Waals surface area (Å²) in [6, 6.07) is 8.26. The van der Waals surface area contributed by atoms with Crippen molar-refractivity contribution in [2.45, 2.75) is 24.9 Å². The first-order chi connectivity index (χ1) is 11.1. The second-order valence-electron chi connectivity index (χ2n) is 5.68. The van der Waals surface area contributed by atoms with Crippen LogP contribution < -0.4 is 0 Å². The summed E-state index contributed by atoms with van der Waals surface area (Å²) in [5, 5.41) is 0.778. The van der Waals surface area contributed by atoms with Crippen LogP contribution in [0.15, 0.2) is 35.6 Å². The molecule has 0 radical (unpaired) electrons. The number of hydrogen-bond acceptors (Lipinski definition) is 4. The molecule has 1 saturated heterocycles. The van der Waals surface area contributed by atoms with Crippen molar-refractivity contribution in [3.05, 3.63) is 36.0 Å². The molecule has 1 aromatic heterocycles. The molecule has 0 saturated carbocycles. The van der Waals surface area contributed by atoms with Gasteiger partial charge in [-0.1, -0.05) is 41.6 Å². The number of thioether (sulfide) groups is 1. The van der Waals surface area contributed by atoms with Gasteiger partial charge in [-0.05, 0) is 18.9 Å². The van der Waals surface area contributed by atoms with Gasteiger partial charge in [0.15, 0.2) is 5.16 Å². The minimum Gasteiger partial charge on any atom is -0.322 e. The van der Waals surface area contributed by atoms with Crippen molar-refractivity contribution in [3.63, 3.8) is 0 Å². The van der Waals surface area contributed by atoms with Crippen LogP contribution in [0.3, 0.4) is 0 Å². The largest absolute Gasteiger partial charge is 0.322 e. The van der Waals surface area contributed by atoms with Gasteiger partial charge >= 0.3 is 0 Å². The van der Waals surface area contributed by atoms with Crippen molar-refractivity contribution >= 4 is 23.6 Å². The molecule has 23 heavy (non-hydrogen) atoms. The van der Waals surface area contributed by atoms with E-state index in [4.69, 9.17) is 0 Å². The van der Waals surface area contributed by atoms with E-state index >= 15 is 0 Å². The van der Waals surface area contributed by atoms with Gasteiger partial charge in [-0.3, -0.25) is 14.5 Å². The number of carbonyl (C=O) groups excluding carboxylic acids is 2. The van der Waals surface area contributed by atoms with Crippen LogP contribution in [0.25, 0.3) is 11.3 Å². The Kier molecular flexibility index (Phi) is 4.52. The molecule has 2 aromatic rings. The lowest BCUT2D eigenvalue weighted by Crippen LogP contribution is -2.33. The lowest BCUT2D eigenvalue weighted by atomic mass is 10.1. The van der Waals surface area contributed by atoms with Crippen molar-refractivity contribution in [1.29, 1.82) is 0 Å². The maximum absolute atomic E-state index is 12.1. The molecule has 6 heteroatoms. The fourth-order valence-electron chi connectivity index (χ4n) is 2.64. The number of rotatable bonds is 4. The lowest BCUT2D eigenvalue weighted by Gasteiger charge is -2.13. The fraction of sp³-hybridized carbons (Fsp3) is 0.353. The Labute approximate surface area is 139 Å². The summed E-state index contributed by atoms with van der Waals surface area (Å²) in [6.07, 6.45) is 3.07. The third kappa shape index (κ3) is 3.32. The van der Waals surface area contributed by atoms with Gasteiger partial charge in [-0.25, -0.2) is 4.98 Å². The number of amides is 2. The number of imidazole rings is 1. The number of imide groups is 1. The van der Waals surface area contributed by atoms with Gasteiger partial charge in [0.2, 0.25) is 11.8 Å². The summed E-state index contributed by atoms with van der Waals surface area (Å²) >= 11 is 1.37. The average molecular weight is 329 g/mol. The maximum atomic E-state index is 12.1. The highest BCUT2D eigenvalue weighted by Crippen LogP contribution is 2.25. The second kappa shape index (κ2) is 6.58. The normalized spacial score (nSPS) is 14.5. The number of carbonyl (C=O) groups is 2. The molecule has 1 aliphatic heterocycles. The molecular formula is C17H19N3O2S. The Balaban J connectivity index is 1.69. The molecule has 0 unspecified atom stereocenters. The number of benzene rings is 1. The first-order valence-electron chi connectivity index (χ1n) is 7.61. The molecule has 2 amide bonds. The highest BCUT2D eigenvalue weighted by atomic mass is 32.2. The van der Waals surface area contributed by atoms with Crippen LogP contribution >= 0.6 is 11.8 Å². The van der Waals surface area contributed by atoms with Crippen molar-refractivity contribution in [2.24, 2.45) is 7.05 Å². The molecule has 0 bridgehead atoms. The highest BCUT2D eigenvalue weighted by molar-refractivity contribution is 7.99. The van der Waals surface area contributed by atoms with Gasteiger partial charge < -0.3 is 4.57 Å². The zero-order valence-corrected chi connectivity index (χ0v) is 14.1. The van der Waals surface area contributed by atoms with Gasteiger partial charge in [0.1, 0.15) is 0 Å². The molecule has 1 fully saturated rings. The van der Waals surface area contributed by atoms with Crippen molar-refractivity contribution < 1.29 is 9.59 Å². The van der Waals surface area contributed by atoms with Crippen LogP contribution in [0.1, 0.15) is 18.4 Å². The zero-order valence-electron chi connectivity index (χ0n) is 13.3. The SMILES string of the molecule is Cc1ccc(-c2cnc(SCC(=O)N3CCCC3=O)n2C)cc1. The maximum Gasteiger partial charge on any atom is 0.239 e. The minimum atomic E-state index is -0.127. The topological polar surface area (TPSA) is 55.2 Å². The summed E-state index contributed by atoms with van der Waals surface area (Å²) < 4.78 is 1.98. The van der Waals surface area contributed by atoms with Gasteiger partial charge in [0.05, 0.1) is 17.6 Å². The minimum absolute atomic E-state index is 0.0595. The molecular weight excluding hydrogens is 310 g/mol. The Hall–Kier alpha value is -2.08. The third-order valence-corrected chi connectivity index (χ3v) is 5.02. The van der Waals surface area contributed by atoms with Crippen LogP contribution in [0.2, 0.25) is 0 Å². The lowest BCUT2D eigenvalue weighted by molar-refractivity contribution is -0.140. The molecule has 0 spiro atoms. The number of likely N-dealkylation sites (tertiary alicyclic amines) is 1. The monoisotopic (exact) mass is 329 g/mol. The van der Waals surface area contributed by atoms with Crippen LogP contribution in [0.4, 0.5) is 0 Å². The summed E-state index contributed by atoms with van der Waals surface area (Å²) in [4.78, 5) is 29.4. The summed E-state index contributed by atoms with van der Waals surface area (Å²) in [5.41, 5.74) is 3.32. The van der Waals surface area contributed by atoms with Crippen molar-refractivity contribution in [1.82, 2.24) is 14.5 Å². The number of hydrogen-bond donors (Lipinski definition) is 0. The average Bonchev–Trinajstić information content (AvgIpc) is 3.12. The van der Waals surface area contributed by atoms with E-state index in [2.05, 4.69) is 36.2 Å². The van der Waals surface area contributed by atoms with Crippen LogP contribution in [-0.4, -0.2) is 38.6 Å². The van der Waals surface area contributed by atoms with Crippen LogP contribution in [-0.2, 0) is 16.6 Å².